The van der Waals surface area contributed by atoms with Crippen LogP contribution in [-0.2, 0) is 29.0 Å². The van der Waals surface area contributed by atoms with Crippen molar-refractivity contribution in [2.24, 2.45) is 0 Å². The zero-order valence-electron chi connectivity index (χ0n) is 17.3. The molecule has 1 aliphatic rings. The highest BCUT2D eigenvalue weighted by Crippen LogP contribution is 2.34. The number of hydrogen-bond acceptors (Lipinski definition) is 4. The number of benzene rings is 2. The Morgan fingerprint density at radius 2 is 1.62 bits per heavy atom. The van der Waals surface area contributed by atoms with Crippen LogP contribution in [0.1, 0.15) is 37.5 Å². The van der Waals surface area contributed by atoms with Crippen LogP contribution in [0.5, 0.6) is 11.5 Å². The third kappa shape index (κ3) is 5.28. The molecule has 0 saturated heterocycles. The van der Waals surface area contributed by atoms with Gasteiger partial charge in [0.2, 0.25) is 11.8 Å². The molecule has 1 aliphatic heterocycles. The number of rotatable bonds is 7. The Morgan fingerprint density at radius 1 is 1.00 bits per heavy atom. The molecule has 0 unspecified atom stereocenters. The minimum Gasteiger partial charge on any atom is -0.490 e. The van der Waals surface area contributed by atoms with Crippen LogP contribution < -0.4 is 14.8 Å². The number of nitrogens with zero attached hydrogens (tertiary/aromatic N) is 1. The Labute approximate surface area is 171 Å². The highest BCUT2D eigenvalue weighted by molar-refractivity contribution is 5.88. The normalized spacial score (nSPS) is 12.9. The summed E-state index contributed by atoms with van der Waals surface area (Å²) >= 11 is 0. The molecular weight excluding hydrogens is 368 g/mol. The second-order valence-electron chi connectivity index (χ2n) is 7.05. The first-order chi connectivity index (χ1) is 14.0. The van der Waals surface area contributed by atoms with Crippen molar-refractivity contribution in [2.75, 3.05) is 25.1 Å². The molecule has 29 heavy (non-hydrogen) atoms. The van der Waals surface area contributed by atoms with Crippen LogP contribution in [0.15, 0.2) is 36.4 Å². The molecular formula is C23H28N2O4. The number of fused-ring (bicyclic) bond motifs is 1. The summed E-state index contributed by atoms with van der Waals surface area (Å²) in [6, 6.07) is 11.4. The van der Waals surface area contributed by atoms with Crippen molar-refractivity contribution in [1.82, 2.24) is 4.90 Å². The Balaban J connectivity index is 1.68. The van der Waals surface area contributed by atoms with E-state index in [2.05, 4.69) is 5.32 Å². The third-order valence-corrected chi connectivity index (χ3v) is 4.86. The highest BCUT2D eigenvalue weighted by Gasteiger charge is 2.23. The maximum Gasteiger partial charge on any atom is 0.227 e. The monoisotopic (exact) mass is 396 g/mol. The smallest absolute Gasteiger partial charge is 0.227 e. The molecule has 2 aromatic carbocycles. The van der Waals surface area contributed by atoms with E-state index in [1.54, 1.807) is 0 Å². The second-order valence-corrected chi connectivity index (χ2v) is 7.05. The average Bonchev–Trinajstić information content (AvgIpc) is 2.69. The molecule has 0 aliphatic carbocycles. The van der Waals surface area contributed by atoms with E-state index >= 15 is 0 Å². The predicted octanol–water partition coefficient (Wildman–Crippen LogP) is 3.57. The van der Waals surface area contributed by atoms with Crippen LogP contribution in [-0.4, -0.2) is 36.5 Å². The van der Waals surface area contributed by atoms with Gasteiger partial charge >= 0.3 is 0 Å². The standard InChI is InChI=1S/C23H28N2O4/c1-4-28-21-13-18-10-11-25(15-19(18)14-22(21)29-5-2)23(27)12-17-6-8-20(9-7-17)24-16(3)26/h6-9,13-14H,4-5,10-12,15H2,1-3H3,(H,24,26). The zero-order chi connectivity index (χ0) is 20.8. The van der Waals surface area contributed by atoms with Crippen molar-refractivity contribution in [1.29, 1.82) is 0 Å². The molecule has 0 spiro atoms. The minimum absolute atomic E-state index is 0.0924. The summed E-state index contributed by atoms with van der Waals surface area (Å²) in [6.45, 7) is 7.79. The number of anilines is 1. The van der Waals surface area contributed by atoms with Crippen molar-refractivity contribution in [2.45, 2.75) is 40.2 Å². The molecule has 0 atom stereocenters. The van der Waals surface area contributed by atoms with Crippen molar-refractivity contribution < 1.29 is 19.1 Å². The Hall–Kier alpha value is -3.02. The molecule has 6 nitrogen and oxygen atoms in total. The largest absolute Gasteiger partial charge is 0.490 e. The molecule has 0 saturated carbocycles. The van der Waals surface area contributed by atoms with Gasteiger partial charge in [0.05, 0.1) is 19.6 Å². The summed E-state index contributed by atoms with van der Waals surface area (Å²) < 4.78 is 11.4. The zero-order valence-corrected chi connectivity index (χ0v) is 17.3. The van der Waals surface area contributed by atoms with Gasteiger partial charge in [-0.15, -0.1) is 0 Å². The van der Waals surface area contributed by atoms with E-state index < -0.39 is 0 Å². The van der Waals surface area contributed by atoms with Gasteiger partial charge in [0.15, 0.2) is 11.5 Å². The third-order valence-electron chi connectivity index (χ3n) is 4.86. The fourth-order valence-electron chi connectivity index (χ4n) is 3.51. The number of hydrogen-bond donors (Lipinski definition) is 1. The number of carbonyl (C=O) groups is 2. The Morgan fingerprint density at radius 3 is 2.21 bits per heavy atom. The SMILES string of the molecule is CCOc1cc2c(cc1OCC)CN(C(=O)Cc1ccc(NC(C)=O)cc1)CC2. The highest BCUT2D eigenvalue weighted by atomic mass is 16.5. The second kappa shape index (κ2) is 9.45. The van der Waals surface area contributed by atoms with Crippen LogP contribution in [0.4, 0.5) is 5.69 Å². The van der Waals surface area contributed by atoms with Gasteiger partial charge in [-0.05, 0) is 61.2 Å². The van der Waals surface area contributed by atoms with E-state index in [9.17, 15) is 9.59 Å². The van der Waals surface area contributed by atoms with E-state index in [1.165, 1.54) is 12.5 Å². The lowest BCUT2D eigenvalue weighted by molar-refractivity contribution is -0.131. The molecule has 0 fully saturated rings. The fourth-order valence-corrected chi connectivity index (χ4v) is 3.51. The van der Waals surface area contributed by atoms with E-state index in [-0.39, 0.29) is 11.8 Å². The first kappa shape index (κ1) is 20.7. The molecule has 2 aromatic rings. The summed E-state index contributed by atoms with van der Waals surface area (Å²) in [5, 5.41) is 2.73. The van der Waals surface area contributed by atoms with Crippen LogP contribution in [0.25, 0.3) is 0 Å². The lowest BCUT2D eigenvalue weighted by Gasteiger charge is -2.30. The first-order valence-corrected chi connectivity index (χ1v) is 10.1. The average molecular weight is 396 g/mol. The lowest BCUT2D eigenvalue weighted by Crippen LogP contribution is -2.37. The van der Waals surface area contributed by atoms with Gasteiger partial charge in [0, 0.05) is 25.7 Å². The first-order valence-electron chi connectivity index (χ1n) is 10.1. The summed E-state index contributed by atoms with van der Waals surface area (Å²) in [7, 11) is 0. The van der Waals surface area contributed by atoms with Gasteiger partial charge in [-0.1, -0.05) is 12.1 Å². The molecule has 154 valence electrons. The number of nitrogens with one attached hydrogen (secondary N) is 1. The maximum atomic E-state index is 12.8. The lowest BCUT2D eigenvalue weighted by atomic mass is 9.98. The number of amides is 2. The molecule has 2 amide bonds. The Bertz CT molecular complexity index is 877. The van der Waals surface area contributed by atoms with Crippen molar-refractivity contribution in [3.05, 3.63) is 53.1 Å². The predicted molar refractivity (Wildman–Crippen MR) is 112 cm³/mol. The number of ether oxygens (including phenoxy) is 2. The molecule has 0 radical (unpaired) electrons. The van der Waals surface area contributed by atoms with Crippen molar-refractivity contribution in [3.63, 3.8) is 0 Å². The fraction of sp³-hybridized carbons (Fsp3) is 0.391. The molecule has 1 N–H and O–H groups in total. The van der Waals surface area contributed by atoms with E-state index in [0.29, 0.717) is 32.7 Å². The van der Waals surface area contributed by atoms with Crippen LogP contribution in [0, 0.1) is 0 Å². The van der Waals surface area contributed by atoms with Crippen LogP contribution >= 0.6 is 0 Å². The van der Waals surface area contributed by atoms with E-state index in [1.807, 2.05) is 55.1 Å². The van der Waals surface area contributed by atoms with E-state index in [0.717, 1.165) is 34.7 Å². The van der Waals surface area contributed by atoms with Gasteiger partial charge in [0.25, 0.3) is 0 Å². The van der Waals surface area contributed by atoms with Gasteiger partial charge in [-0.2, -0.15) is 0 Å². The summed E-state index contributed by atoms with van der Waals surface area (Å²) in [5.74, 6) is 1.48. The number of carbonyl (C=O) groups excluding carboxylic acids is 2. The summed E-state index contributed by atoms with van der Waals surface area (Å²) in [4.78, 5) is 25.8. The molecule has 3 rings (SSSR count). The van der Waals surface area contributed by atoms with Crippen LogP contribution in [0.3, 0.4) is 0 Å². The van der Waals surface area contributed by atoms with Crippen molar-refractivity contribution >= 4 is 17.5 Å². The van der Waals surface area contributed by atoms with Crippen molar-refractivity contribution in [3.8, 4) is 11.5 Å². The summed E-state index contributed by atoms with van der Waals surface area (Å²) in [5.41, 5.74) is 3.98. The molecule has 0 aromatic heterocycles. The van der Waals surface area contributed by atoms with Crippen LogP contribution in [0.2, 0.25) is 0 Å². The molecule has 1 heterocycles. The van der Waals surface area contributed by atoms with E-state index in [4.69, 9.17) is 9.47 Å². The van der Waals surface area contributed by atoms with Gasteiger partial charge in [-0.3, -0.25) is 9.59 Å². The maximum absolute atomic E-state index is 12.8. The van der Waals surface area contributed by atoms with Gasteiger partial charge in [-0.25, -0.2) is 0 Å². The summed E-state index contributed by atoms with van der Waals surface area (Å²) in [6.07, 6.45) is 1.14. The Kier molecular flexibility index (Phi) is 6.75. The van der Waals surface area contributed by atoms with Gasteiger partial charge < -0.3 is 19.7 Å². The molecule has 6 heteroatoms. The van der Waals surface area contributed by atoms with Gasteiger partial charge in [0.1, 0.15) is 0 Å². The minimum atomic E-state index is -0.111. The topological polar surface area (TPSA) is 67.9 Å². The molecule has 0 bridgehead atoms. The quantitative estimate of drug-likeness (QED) is 0.777.